The van der Waals surface area contributed by atoms with Crippen LogP contribution in [0.1, 0.15) is 24.5 Å². The monoisotopic (exact) mass is 196 g/mol. The van der Waals surface area contributed by atoms with Gasteiger partial charge in [-0.1, -0.05) is 6.92 Å². The number of benzene rings is 1. The van der Waals surface area contributed by atoms with E-state index in [2.05, 4.69) is 0 Å². The fourth-order valence-corrected chi connectivity index (χ4v) is 1.21. The summed E-state index contributed by atoms with van der Waals surface area (Å²) in [7, 11) is 0. The van der Waals surface area contributed by atoms with Gasteiger partial charge in [0.1, 0.15) is 17.3 Å². The normalized spacial score (nSPS) is 11.8. The zero-order valence-corrected chi connectivity index (χ0v) is 8.21. The Morgan fingerprint density at radius 2 is 2.07 bits per heavy atom. The predicted octanol–water partition coefficient (Wildman–Crippen LogP) is 3.13. The van der Waals surface area contributed by atoms with Crippen molar-refractivity contribution in [3.05, 3.63) is 29.1 Å². The molecule has 0 spiro atoms. The van der Waals surface area contributed by atoms with E-state index in [9.17, 15) is 9.50 Å². The average molecular weight is 196 g/mol. The molecule has 0 saturated heterocycles. The number of allylic oxidation sites excluding steroid dienone is 1. The van der Waals surface area contributed by atoms with Crippen molar-refractivity contribution >= 4 is 6.08 Å². The summed E-state index contributed by atoms with van der Waals surface area (Å²) in [6.45, 7) is 3.40. The van der Waals surface area contributed by atoms with Crippen LogP contribution >= 0.6 is 0 Å². The third-order valence-corrected chi connectivity index (χ3v) is 1.99. The second-order valence-electron chi connectivity index (χ2n) is 3.14. The lowest BCUT2D eigenvalue weighted by Crippen LogP contribution is -1.83. The van der Waals surface area contributed by atoms with E-state index >= 15 is 0 Å². The highest BCUT2D eigenvalue weighted by Gasteiger charge is 2.05. The van der Waals surface area contributed by atoms with Gasteiger partial charge in [-0.25, -0.2) is 4.39 Å². The number of aromatic hydroxyl groups is 2. The van der Waals surface area contributed by atoms with Crippen LogP contribution in [0, 0.1) is 6.92 Å². The van der Waals surface area contributed by atoms with E-state index in [1.54, 1.807) is 13.8 Å². The van der Waals surface area contributed by atoms with E-state index in [1.807, 2.05) is 0 Å². The van der Waals surface area contributed by atoms with Crippen molar-refractivity contribution in [1.29, 1.82) is 0 Å². The van der Waals surface area contributed by atoms with Crippen molar-refractivity contribution in [2.75, 3.05) is 0 Å². The van der Waals surface area contributed by atoms with Gasteiger partial charge in [-0.05, 0) is 31.1 Å². The van der Waals surface area contributed by atoms with E-state index < -0.39 is 0 Å². The molecule has 0 radical (unpaired) electrons. The molecule has 1 rings (SSSR count). The lowest BCUT2D eigenvalue weighted by molar-refractivity contribution is 0.448. The zero-order chi connectivity index (χ0) is 10.7. The van der Waals surface area contributed by atoms with Crippen molar-refractivity contribution in [1.82, 2.24) is 0 Å². The molecule has 14 heavy (non-hydrogen) atoms. The highest BCUT2D eigenvalue weighted by atomic mass is 19.1. The Balaban J connectivity index is 3.21. The number of phenolic OH excluding ortho intramolecular Hbond substituents is 2. The Bertz CT molecular complexity index is 347. The Morgan fingerprint density at radius 1 is 1.43 bits per heavy atom. The first-order chi connectivity index (χ1) is 6.54. The Morgan fingerprint density at radius 3 is 2.57 bits per heavy atom. The average Bonchev–Trinajstić information content (AvgIpc) is 2.10. The Kier molecular flexibility index (Phi) is 3.12. The zero-order valence-electron chi connectivity index (χ0n) is 8.21. The molecule has 0 unspecified atom stereocenters. The topological polar surface area (TPSA) is 40.5 Å². The maximum absolute atomic E-state index is 13.0. The van der Waals surface area contributed by atoms with Crippen molar-refractivity contribution in [3.63, 3.8) is 0 Å². The molecule has 0 heterocycles. The van der Waals surface area contributed by atoms with E-state index in [-0.39, 0.29) is 17.3 Å². The number of hydrogen-bond acceptors (Lipinski definition) is 2. The first kappa shape index (κ1) is 10.6. The van der Waals surface area contributed by atoms with Gasteiger partial charge in [0.2, 0.25) is 0 Å². The van der Waals surface area contributed by atoms with Crippen LogP contribution in [0.5, 0.6) is 11.5 Å². The summed E-state index contributed by atoms with van der Waals surface area (Å²) in [5, 5.41) is 18.6. The molecule has 0 aliphatic carbocycles. The summed E-state index contributed by atoms with van der Waals surface area (Å²) >= 11 is 0. The summed E-state index contributed by atoms with van der Waals surface area (Å²) in [5.74, 6) is -0.422. The molecule has 3 heteroatoms. The van der Waals surface area contributed by atoms with Gasteiger partial charge in [-0.15, -0.1) is 0 Å². The number of rotatable bonds is 2. The SMILES string of the molecule is CC/C(F)=C\c1c(C)cc(O)cc1O. The molecule has 0 atom stereocenters. The van der Waals surface area contributed by atoms with Crippen LogP contribution in [0.2, 0.25) is 0 Å². The maximum Gasteiger partial charge on any atom is 0.126 e. The van der Waals surface area contributed by atoms with Gasteiger partial charge < -0.3 is 10.2 Å². The standard InChI is InChI=1S/C11H13FO2/c1-3-8(12)5-10-7(2)4-9(13)6-11(10)14/h4-6,13-14H,3H2,1-2H3/b8-5+. The molecule has 0 aliphatic rings. The summed E-state index contributed by atoms with van der Waals surface area (Å²) in [5.41, 5.74) is 1.06. The molecule has 0 saturated carbocycles. The van der Waals surface area contributed by atoms with Crippen molar-refractivity contribution in [3.8, 4) is 11.5 Å². The van der Waals surface area contributed by atoms with Crippen LogP contribution < -0.4 is 0 Å². The third kappa shape index (κ3) is 2.25. The molecule has 76 valence electrons. The predicted molar refractivity (Wildman–Crippen MR) is 53.9 cm³/mol. The van der Waals surface area contributed by atoms with Crippen LogP contribution in [-0.4, -0.2) is 10.2 Å². The van der Waals surface area contributed by atoms with Gasteiger partial charge in [-0.3, -0.25) is 0 Å². The minimum Gasteiger partial charge on any atom is -0.508 e. The highest BCUT2D eigenvalue weighted by Crippen LogP contribution is 2.29. The fraction of sp³-hybridized carbons (Fsp3) is 0.273. The molecule has 2 N–H and O–H groups in total. The molecule has 1 aromatic rings. The highest BCUT2D eigenvalue weighted by molar-refractivity contribution is 5.63. The summed E-state index contributed by atoms with van der Waals surface area (Å²) in [6, 6.07) is 2.68. The molecule has 2 nitrogen and oxygen atoms in total. The molecule has 0 fully saturated rings. The quantitative estimate of drug-likeness (QED) is 0.762. The number of hydrogen-bond donors (Lipinski definition) is 2. The third-order valence-electron chi connectivity index (χ3n) is 1.99. The van der Waals surface area contributed by atoms with Crippen molar-refractivity contribution in [2.24, 2.45) is 0 Å². The van der Waals surface area contributed by atoms with Gasteiger partial charge in [-0.2, -0.15) is 0 Å². The molecule has 0 amide bonds. The number of aryl methyl sites for hydroxylation is 1. The van der Waals surface area contributed by atoms with E-state index in [0.29, 0.717) is 17.5 Å². The lowest BCUT2D eigenvalue weighted by atomic mass is 10.1. The summed E-state index contributed by atoms with van der Waals surface area (Å²) < 4.78 is 13.0. The molecular weight excluding hydrogens is 183 g/mol. The van der Waals surface area contributed by atoms with E-state index in [1.165, 1.54) is 18.2 Å². The van der Waals surface area contributed by atoms with Crippen LogP contribution in [0.15, 0.2) is 18.0 Å². The summed E-state index contributed by atoms with van der Waals surface area (Å²) in [6.07, 6.45) is 1.57. The van der Waals surface area contributed by atoms with Crippen LogP contribution in [0.4, 0.5) is 4.39 Å². The number of halogens is 1. The van der Waals surface area contributed by atoms with Crippen LogP contribution in [0.3, 0.4) is 0 Å². The molecule has 0 aromatic heterocycles. The largest absolute Gasteiger partial charge is 0.508 e. The second kappa shape index (κ2) is 4.13. The lowest BCUT2D eigenvalue weighted by Gasteiger charge is -2.05. The van der Waals surface area contributed by atoms with Crippen molar-refractivity contribution in [2.45, 2.75) is 20.3 Å². The molecule has 0 bridgehead atoms. The van der Waals surface area contributed by atoms with Gasteiger partial charge in [0, 0.05) is 11.6 Å². The van der Waals surface area contributed by atoms with Gasteiger partial charge in [0.05, 0.1) is 0 Å². The Hall–Kier alpha value is -1.51. The first-order valence-electron chi connectivity index (χ1n) is 4.43. The van der Waals surface area contributed by atoms with Crippen molar-refractivity contribution < 1.29 is 14.6 Å². The van der Waals surface area contributed by atoms with Gasteiger partial charge >= 0.3 is 0 Å². The molecule has 0 aliphatic heterocycles. The molecular formula is C11H13FO2. The van der Waals surface area contributed by atoms with Gasteiger partial charge in [0.15, 0.2) is 0 Å². The van der Waals surface area contributed by atoms with Crippen LogP contribution in [-0.2, 0) is 0 Å². The first-order valence-corrected chi connectivity index (χ1v) is 4.43. The smallest absolute Gasteiger partial charge is 0.126 e. The summed E-state index contributed by atoms with van der Waals surface area (Å²) in [4.78, 5) is 0. The van der Waals surface area contributed by atoms with E-state index in [4.69, 9.17) is 5.11 Å². The maximum atomic E-state index is 13.0. The van der Waals surface area contributed by atoms with E-state index in [0.717, 1.165) is 0 Å². The number of phenols is 2. The van der Waals surface area contributed by atoms with Gasteiger partial charge in [0.25, 0.3) is 0 Å². The molecule has 1 aromatic carbocycles. The Labute approximate surface area is 82.3 Å². The fourth-order valence-electron chi connectivity index (χ4n) is 1.21. The minimum atomic E-state index is -0.297. The second-order valence-corrected chi connectivity index (χ2v) is 3.14. The minimum absolute atomic E-state index is 0.0194. The van der Waals surface area contributed by atoms with Crippen LogP contribution in [0.25, 0.3) is 6.08 Å².